The van der Waals surface area contributed by atoms with Crippen LogP contribution in [-0.4, -0.2) is 48.4 Å². The van der Waals surface area contributed by atoms with E-state index in [1.54, 1.807) is 23.1 Å². The van der Waals surface area contributed by atoms with Crippen molar-refractivity contribution in [2.45, 2.75) is 26.7 Å². The van der Waals surface area contributed by atoms with Crippen LogP contribution in [-0.2, 0) is 0 Å². The molecule has 1 aliphatic rings. The maximum Gasteiger partial charge on any atom is 0.253 e. The lowest BCUT2D eigenvalue weighted by molar-refractivity contribution is 0.0773. The van der Waals surface area contributed by atoms with Crippen molar-refractivity contribution in [3.05, 3.63) is 65.2 Å². The highest BCUT2D eigenvalue weighted by molar-refractivity contribution is 5.95. The van der Waals surface area contributed by atoms with E-state index in [0.717, 1.165) is 35.4 Å². The Morgan fingerprint density at radius 2 is 1.90 bits per heavy atom. The second-order valence-electron chi connectivity index (χ2n) is 6.88. The molecule has 0 atom stereocenters. The van der Waals surface area contributed by atoms with Crippen molar-refractivity contribution >= 4 is 17.7 Å². The van der Waals surface area contributed by atoms with Crippen molar-refractivity contribution in [2.24, 2.45) is 4.99 Å². The Morgan fingerprint density at radius 3 is 2.62 bits per heavy atom. The molecule has 1 N–H and O–H groups in total. The van der Waals surface area contributed by atoms with Gasteiger partial charge in [0.05, 0.1) is 6.61 Å². The first-order valence-corrected chi connectivity index (χ1v) is 10.2. The summed E-state index contributed by atoms with van der Waals surface area (Å²) in [4.78, 5) is 18.8. The first kappa shape index (κ1) is 20.6. The molecule has 2 aromatic carbocycles. The topological polar surface area (TPSA) is 62.1 Å². The number of aliphatic imine (C=N–C) groups is 1. The summed E-state index contributed by atoms with van der Waals surface area (Å²) in [6.45, 7) is 6.64. The van der Waals surface area contributed by atoms with Crippen LogP contribution >= 0.6 is 0 Å². The van der Waals surface area contributed by atoms with Crippen LogP contribution in [0.25, 0.3) is 5.57 Å². The van der Waals surface area contributed by atoms with Crippen molar-refractivity contribution in [3.8, 4) is 11.5 Å². The Labute approximate surface area is 172 Å². The summed E-state index contributed by atoms with van der Waals surface area (Å²) in [5, 5.41) is 10.1. The summed E-state index contributed by atoms with van der Waals surface area (Å²) in [5.74, 6) is 0.959. The Hall–Kier alpha value is -3.08. The molecule has 0 saturated carbocycles. The number of allylic oxidation sites excluding steroid dienone is 1. The monoisotopic (exact) mass is 392 g/mol. The number of benzene rings is 2. The van der Waals surface area contributed by atoms with E-state index in [4.69, 9.17) is 4.74 Å². The van der Waals surface area contributed by atoms with Gasteiger partial charge in [-0.3, -0.25) is 9.79 Å². The summed E-state index contributed by atoms with van der Waals surface area (Å²) >= 11 is 0. The van der Waals surface area contributed by atoms with E-state index < -0.39 is 0 Å². The van der Waals surface area contributed by atoms with Crippen LogP contribution in [0.15, 0.2) is 53.5 Å². The number of amides is 1. The van der Waals surface area contributed by atoms with Gasteiger partial charge in [0.15, 0.2) is 0 Å². The van der Waals surface area contributed by atoms with E-state index in [2.05, 4.69) is 11.1 Å². The Kier molecular flexibility index (Phi) is 7.06. The Morgan fingerprint density at radius 1 is 1.14 bits per heavy atom. The molecule has 2 aromatic rings. The quantitative estimate of drug-likeness (QED) is 0.830. The van der Waals surface area contributed by atoms with Gasteiger partial charge in [0.2, 0.25) is 0 Å². The fourth-order valence-corrected chi connectivity index (χ4v) is 3.40. The highest BCUT2D eigenvalue weighted by atomic mass is 16.5. The van der Waals surface area contributed by atoms with Gasteiger partial charge in [0.25, 0.3) is 5.91 Å². The lowest BCUT2D eigenvalue weighted by Crippen LogP contribution is -2.30. The average molecular weight is 392 g/mol. The van der Waals surface area contributed by atoms with Gasteiger partial charge >= 0.3 is 0 Å². The molecule has 1 heterocycles. The minimum absolute atomic E-state index is 0.0338. The standard InChI is InChI=1S/C24H28N2O3/c1-3-26(4-2)24(28)19-10-8-18(9-11-19)21-7-5-14-25-15-6-16-29-23-13-12-20(27)17-22(21)23/h7-14,17,27H,3-6,15-16H2,1-2H3/b21-7-,25-14?. The van der Waals surface area contributed by atoms with Crippen molar-refractivity contribution in [1.82, 2.24) is 4.90 Å². The molecule has 0 unspecified atom stereocenters. The van der Waals surface area contributed by atoms with E-state index in [1.165, 1.54) is 0 Å². The first-order chi connectivity index (χ1) is 14.1. The third-order valence-electron chi connectivity index (χ3n) is 4.99. The number of carbonyl (C=O) groups is 1. The molecule has 5 nitrogen and oxygen atoms in total. The van der Waals surface area contributed by atoms with Gasteiger partial charge < -0.3 is 14.7 Å². The lowest BCUT2D eigenvalue weighted by atomic mass is 9.95. The number of hydrogen-bond donors (Lipinski definition) is 1. The number of carbonyl (C=O) groups excluding carboxylic acids is 1. The minimum atomic E-state index is 0.0338. The number of phenolic OH excluding ortho intramolecular Hbond substituents is 1. The van der Waals surface area contributed by atoms with Crippen LogP contribution in [0, 0.1) is 0 Å². The van der Waals surface area contributed by atoms with Gasteiger partial charge in [-0.25, -0.2) is 0 Å². The summed E-state index contributed by atoms with van der Waals surface area (Å²) in [6.07, 6.45) is 5.52. The summed E-state index contributed by atoms with van der Waals surface area (Å²) in [5.41, 5.74) is 3.42. The molecule has 0 bridgehead atoms. The van der Waals surface area contributed by atoms with E-state index in [0.29, 0.717) is 31.7 Å². The number of fused-ring (bicyclic) bond motifs is 1. The van der Waals surface area contributed by atoms with Crippen LogP contribution in [0.2, 0.25) is 0 Å². The molecule has 5 heteroatoms. The molecule has 0 fully saturated rings. The molecule has 3 rings (SSSR count). The molecule has 152 valence electrons. The SMILES string of the molecule is CCN(CC)C(=O)c1ccc(/C2=C/CC=NCCCOc3ccc(O)cc32)cc1. The lowest BCUT2D eigenvalue weighted by Gasteiger charge is -2.19. The molecular weight excluding hydrogens is 364 g/mol. The smallest absolute Gasteiger partial charge is 0.253 e. The van der Waals surface area contributed by atoms with Crippen LogP contribution in [0.3, 0.4) is 0 Å². The predicted molar refractivity (Wildman–Crippen MR) is 117 cm³/mol. The molecule has 1 aliphatic heterocycles. The summed E-state index contributed by atoms with van der Waals surface area (Å²) < 4.78 is 5.96. The first-order valence-electron chi connectivity index (χ1n) is 10.2. The second-order valence-corrected chi connectivity index (χ2v) is 6.88. The normalized spacial score (nSPS) is 16.0. The molecule has 0 spiro atoms. The zero-order valence-electron chi connectivity index (χ0n) is 17.1. The average Bonchev–Trinajstić information content (AvgIpc) is 2.78. The van der Waals surface area contributed by atoms with Gasteiger partial charge in [-0.2, -0.15) is 0 Å². The van der Waals surface area contributed by atoms with Crippen molar-refractivity contribution in [1.29, 1.82) is 0 Å². The third-order valence-corrected chi connectivity index (χ3v) is 4.99. The molecular formula is C24H28N2O3. The zero-order valence-corrected chi connectivity index (χ0v) is 17.1. The number of nitrogens with zero attached hydrogens (tertiary/aromatic N) is 2. The number of phenols is 1. The van der Waals surface area contributed by atoms with E-state index >= 15 is 0 Å². The van der Waals surface area contributed by atoms with Crippen molar-refractivity contribution in [2.75, 3.05) is 26.2 Å². The van der Waals surface area contributed by atoms with Gasteiger partial charge in [-0.05, 0) is 55.3 Å². The summed E-state index contributed by atoms with van der Waals surface area (Å²) in [7, 11) is 0. The third kappa shape index (κ3) is 5.05. The van der Waals surface area contributed by atoms with Gasteiger partial charge in [-0.15, -0.1) is 0 Å². The van der Waals surface area contributed by atoms with Gasteiger partial charge in [0, 0.05) is 49.8 Å². The van der Waals surface area contributed by atoms with Gasteiger partial charge in [-0.1, -0.05) is 18.2 Å². The fraction of sp³-hybridized carbons (Fsp3) is 0.333. The Balaban J connectivity index is 2.00. The summed E-state index contributed by atoms with van der Waals surface area (Å²) in [6, 6.07) is 12.8. The van der Waals surface area contributed by atoms with Crippen LogP contribution in [0.5, 0.6) is 11.5 Å². The van der Waals surface area contributed by atoms with Crippen LogP contribution in [0.4, 0.5) is 0 Å². The molecule has 0 saturated heterocycles. The number of ether oxygens (including phenoxy) is 1. The van der Waals surface area contributed by atoms with E-state index in [-0.39, 0.29) is 11.7 Å². The number of rotatable bonds is 4. The van der Waals surface area contributed by atoms with Gasteiger partial charge in [0.1, 0.15) is 11.5 Å². The molecule has 0 aliphatic carbocycles. The molecule has 0 aromatic heterocycles. The largest absolute Gasteiger partial charge is 0.508 e. The predicted octanol–water partition coefficient (Wildman–Crippen LogP) is 4.55. The highest BCUT2D eigenvalue weighted by Gasteiger charge is 2.16. The van der Waals surface area contributed by atoms with E-state index in [1.807, 2.05) is 44.3 Å². The molecule has 0 radical (unpaired) electrons. The van der Waals surface area contributed by atoms with Crippen LogP contribution in [0.1, 0.15) is 48.2 Å². The van der Waals surface area contributed by atoms with Crippen LogP contribution < -0.4 is 4.74 Å². The van der Waals surface area contributed by atoms with Crippen molar-refractivity contribution in [3.63, 3.8) is 0 Å². The highest BCUT2D eigenvalue weighted by Crippen LogP contribution is 2.34. The fourth-order valence-electron chi connectivity index (χ4n) is 3.40. The van der Waals surface area contributed by atoms with E-state index in [9.17, 15) is 9.90 Å². The minimum Gasteiger partial charge on any atom is -0.508 e. The maximum atomic E-state index is 12.6. The number of hydrogen-bond acceptors (Lipinski definition) is 4. The second kappa shape index (κ2) is 9.92. The van der Waals surface area contributed by atoms with Crippen molar-refractivity contribution < 1.29 is 14.6 Å². The number of aromatic hydroxyl groups is 1. The molecule has 1 amide bonds. The Bertz CT molecular complexity index is 897. The molecule has 29 heavy (non-hydrogen) atoms. The maximum absolute atomic E-state index is 12.6. The zero-order chi connectivity index (χ0) is 20.6.